The number of carbonyl (C=O) groups is 1. The molecule has 0 unspecified atom stereocenters. The lowest BCUT2D eigenvalue weighted by molar-refractivity contribution is 0.0599. The first-order chi connectivity index (χ1) is 11.5. The van der Waals surface area contributed by atoms with E-state index in [-0.39, 0.29) is 5.75 Å². The quantitative estimate of drug-likeness (QED) is 0.730. The molecule has 0 atom stereocenters. The standard InChI is InChI=1S/C20H18O4/c1-12-16-9-6-14(13-4-7-15(23-2)8-5-13)10-18(16)19(21)11-17(12)20(22)24-3/h4-11,21H,1-3H3. The SMILES string of the molecule is COC(=O)c1cc(O)c2cc(-c3ccc(OC)cc3)ccc2c1C. The van der Waals surface area contributed by atoms with E-state index in [1.165, 1.54) is 13.2 Å². The lowest BCUT2D eigenvalue weighted by Crippen LogP contribution is -2.04. The van der Waals surface area contributed by atoms with E-state index in [1.54, 1.807) is 7.11 Å². The van der Waals surface area contributed by atoms with Crippen LogP contribution in [0.1, 0.15) is 15.9 Å². The van der Waals surface area contributed by atoms with Crippen LogP contribution in [0.5, 0.6) is 11.5 Å². The molecule has 24 heavy (non-hydrogen) atoms. The summed E-state index contributed by atoms with van der Waals surface area (Å²) in [6.07, 6.45) is 0. The fourth-order valence-electron chi connectivity index (χ4n) is 2.84. The van der Waals surface area contributed by atoms with E-state index in [2.05, 4.69) is 0 Å². The second-order valence-corrected chi connectivity index (χ2v) is 5.55. The molecule has 4 nitrogen and oxygen atoms in total. The zero-order chi connectivity index (χ0) is 17.3. The summed E-state index contributed by atoms with van der Waals surface area (Å²) in [6, 6.07) is 15.0. The highest BCUT2D eigenvalue weighted by Crippen LogP contribution is 2.34. The van der Waals surface area contributed by atoms with Crippen LogP contribution in [0.3, 0.4) is 0 Å². The van der Waals surface area contributed by atoms with Gasteiger partial charge in [0.15, 0.2) is 0 Å². The maximum absolute atomic E-state index is 11.8. The second kappa shape index (κ2) is 6.24. The van der Waals surface area contributed by atoms with Gasteiger partial charge in [0.2, 0.25) is 0 Å². The van der Waals surface area contributed by atoms with Crippen molar-refractivity contribution in [3.63, 3.8) is 0 Å². The molecular weight excluding hydrogens is 304 g/mol. The zero-order valence-electron chi connectivity index (χ0n) is 13.8. The largest absolute Gasteiger partial charge is 0.507 e. The Morgan fingerprint density at radius 3 is 2.21 bits per heavy atom. The molecule has 0 saturated heterocycles. The smallest absolute Gasteiger partial charge is 0.338 e. The van der Waals surface area contributed by atoms with Crippen LogP contribution in [-0.4, -0.2) is 25.3 Å². The van der Waals surface area contributed by atoms with Crippen molar-refractivity contribution >= 4 is 16.7 Å². The van der Waals surface area contributed by atoms with Gasteiger partial charge in [-0.05, 0) is 53.3 Å². The van der Waals surface area contributed by atoms with E-state index in [0.29, 0.717) is 10.9 Å². The Hall–Kier alpha value is -3.01. The predicted molar refractivity (Wildman–Crippen MR) is 93.7 cm³/mol. The minimum Gasteiger partial charge on any atom is -0.507 e. The van der Waals surface area contributed by atoms with Crippen molar-refractivity contribution in [2.45, 2.75) is 6.92 Å². The molecule has 0 spiro atoms. The summed E-state index contributed by atoms with van der Waals surface area (Å²) in [5.41, 5.74) is 3.16. The molecule has 0 amide bonds. The normalized spacial score (nSPS) is 10.6. The van der Waals surface area contributed by atoms with Crippen LogP contribution in [0.2, 0.25) is 0 Å². The van der Waals surface area contributed by atoms with Gasteiger partial charge < -0.3 is 14.6 Å². The molecule has 0 saturated carbocycles. The van der Waals surface area contributed by atoms with E-state index < -0.39 is 5.97 Å². The maximum Gasteiger partial charge on any atom is 0.338 e. The summed E-state index contributed by atoms with van der Waals surface area (Å²) >= 11 is 0. The van der Waals surface area contributed by atoms with Crippen LogP contribution >= 0.6 is 0 Å². The van der Waals surface area contributed by atoms with Crippen molar-refractivity contribution in [2.24, 2.45) is 0 Å². The van der Waals surface area contributed by atoms with Gasteiger partial charge in [0, 0.05) is 5.39 Å². The number of methoxy groups -OCH3 is 2. The van der Waals surface area contributed by atoms with Crippen molar-refractivity contribution in [3.8, 4) is 22.6 Å². The molecule has 3 aromatic carbocycles. The lowest BCUT2D eigenvalue weighted by atomic mass is 9.95. The number of carbonyl (C=O) groups excluding carboxylic acids is 1. The first-order valence-corrected chi connectivity index (χ1v) is 7.54. The molecule has 3 aromatic rings. The van der Waals surface area contributed by atoms with Crippen molar-refractivity contribution in [2.75, 3.05) is 14.2 Å². The van der Waals surface area contributed by atoms with Gasteiger partial charge in [-0.2, -0.15) is 0 Å². The van der Waals surface area contributed by atoms with Gasteiger partial charge in [0.05, 0.1) is 19.8 Å². The van der Waals surface area contributed by atoms with Gasteiger partial charge in [0.25, 0.3) is 0 Å². The Balaban J connectivity index is 2.14. The topological polar surface area (TPSA) is 55.8 Å². The zero-order valence-corrected chi connectivity index (χ0v) is 13.8. The molecule has 0 aliphatic carbocycles. The van der Waals surface area contributed by atoms with E-state index in [1.807, 2.05) is 49.4 Å². The van der Waals surface area contributed by atoms with Gasteiger partial charge in [-0.1, -0.05) is 24.3 Å². The number of aryl methyl sites for hydroxylation is 1. The summed E-state index contributed by atoms with van der Waals surface area (Å²) in [5.74, 6) is 0.399. The number of hydrogen-bond acceptors (Lipinski definition) is 4. The van der Waals surface area contributed by atoms with Crippen LogP contribution < -0.4 is 4.74 Å². The van der Waals surface area contributed by atoms with Gasteiger partial charge in [-0.3, -0.25) is 0 Å². The van der Waals surface area contributed by atoms with Crippen LogP contribution in [0, 0.1) is 6.92 Å². The number of benzene rings is 3. The Morgan fingerprint density at radius 1 is 0.917 bits per heavy atom. The highest BCUT2D eigenvalue weighted by molar-refractivity contribution is 6.02. The van der Waals surface area contributed by atoms with Crippen LogP contribution in [-0.2, 0) is 4.74 Å². The number of hydrogen-bond donors (Lipinski definition) is 1. The summed E-state index contributed by atoms with van der Waals surface area (Å²) in [5, 5.41) is 11.9. The summed E-state index contributed by atoms with van der Waals surface area (Å²) in [4.78, 5) is 11.8. The van der Waals surface area contributed by atoms with E-state index in [9.17, 15) is 9.90 Å². The van der Waals surface area contributed by atoms with Crippen LogP contribution in [0.25, 0.3) is 21.9 Å². The molecule has 0 heterocycles. The molecule has 0 bridgehead atoms. The third-order valence-electron chi connectivity index (χ3n) is 4.21. The molecule has 0 aromatic heterocycles. The number of esters is 1. The Kier molecular flexibility index (Phi) is 4.13. The van der Waals surface area contributed by atoms with Crippen molar-refractivity contribution in [1.82, 2.24) is 0 Å². The molecule has 0 radical (unpaired) electrons. The molecule has 1 N–H and O–H groups in total. The number of fused-ring (bicyclic) bond motifs is 1. The average Bonchev–Trinajstić information content (AvgIpc) is 2.63. The molecular formula is C20H18O4. The van der Waals surface area contributed by atoms with E-state index in [0.717, 1.165) is 27.8 Å². The monoisotopic (exact) mass is 322 g/mol. The molecule has 0 aliphatic rings. The minimum atomic E-state index is -0.455. The number of aromatic hydroxyl groups is 1. The first kappa shape index (κ1) is 15.9. The van der Waals surface area contributed by atoms with Crippen LogP contribution in [0.4, 0.5) is 0 Å². The molecule has 122 valence electrons. The third kappa shape index (κ3) is 2.67. The fraction of sp³-hybridized carbons (Fsp3) is 0.150. The summed E-state index contributed by atoms with van der Waals surface area (Å²) in [7, 11) is 2.96. The Bertz CT molecular complexity index is 911. The average molecular weight is 322 g/mol. The Morgan fingerprint density at radius 2 is 1.58 bits per heavy atom. The van der Waals surface area contributed by atoms with Crippen molar-refractivity contribution in [1.29, 1.82) is 0 Å². The van der Waals surface area contributed by atoms with Gasteiger partial charge >= 0.3 is 5.97 Å². The first-order valence-electron chi connectivity index (χ1n) is 7.54. The molecule has 0 fully saturated rings. The maximum atomic E-state index is 11.8. The van der Waals surface area contributed by atoms with Gasteiger partial charge in [0.1, 0.15) is 11.5 Å². The highest BCUT2D eigenvalue weighted by atomic mass is 16.5. The minimum absolute atomic E-state index is 0.0614. The number of phenols is 1. The summed E-state index contributed by atoms with van der Waals surface area (Å²) < 4.78 is 9.95. The Labute approximate surface area is 140 Å². The number of ether oxygens (including phenoxy) is 2. The predicted octanol–water partition coefficient (Wildman–Crippen LogP) is 4.32. The lowest BCUT2D eigenvalue weighted by Gasteiger charge is -2.12. The van der Waals surface area contributed by atoms with E-state index >= 15 is 0 Å². The van der Waals surface area contributed by atoms with E-state index in [4.69, 9.17) is 9.47 Å². The molecule has 4 heteroatoms. The highest BCUT2D eigenvalue weighted by Gasteiger charge is 2.15. The van der Waals surface area contributed by atoms with Crippen LogP contribution in [0.15, 0.2) is 48.5 Å². The second-order valence-electron chi connectivity index (χ2n) is 5.55. The fourth-order valence-corrected chi connectivity index (χ4v) is 2.84. The molecule has 0 aliphatic heterocycles. The molecule has 3 rings (SSSR count). The van der Waals surface area contributed by atoms with Gasteiger partial charge in [-0.25, -0.2) is 4.79 Å². The third-order valence-corrected chi connectivity index (χ3v) is 4.21. The number of phenolic OH excluding ortho intramolecular Hbond substituents is 1. The van der Waals surface area contributed by atoms with Crippen molar-refractivity contribution < 1.29 is 19.4 Å². The van der Waals surface area contributed by atoms with Gasteiger partial charge in [-0.15, -0.1) is 0 Å². The number of rotatable bonds is 3. The van der Waals surface area contributed by atoms with Crippen molar-refractivity contribution in [3.05, 3.63) is 59.7 Å². The summed E-state index contributed by atoms with van der Waals surface area (Å²) in [6.45, 7) is 1.85.